The molecule has 1 aliphatic heterocycles. The first-order valence-corrected chi connectivity index (χ1v) is 10.4. The minimum absolute atomic E-state index is 0.0576. The van der Waals surface area contributed by atoms with Crippen LogP contribution in [0.5, 0.6) is 0 Å². The van der Waals surface area contributed by atoms with Crippen LogP contribution in [0, 0.1) is 18.3 Å². The van der Waals surface area contributed by atoms with Crippen LogP contribution in [0.4, 0.5) is 0 Å². The highest BCUT2D eigenvalue weighted by molar-refractivity contribution is 5.96. The van der Waals surface area contributed by atoms with Crippen LogP contribution in [-0.4, -0.2) is 46.3 Å². The number of aromatic nitrogens is 2. The largest absolute Gasteiger partial charge is 0.449 e. The predicted octanol–water partition coefficient (Wildman–Crippen LogP) is 3.20. The van der Waals surface area contributed by atoms with E-state index in [-0.39, 0.29) is 17.2 Å². The van der Waals surface area contributed by atoms with Gasteiger partial charge in [-0.15, -0.1) is 0 Å². The molecule has 0 radical (unpaired) electrons. The molecule has 1 N–H and O–H groups in total. The number of amides is 2. The first kappa shape index (κ1) is 18.8. The summed E-state index contributed by atoms with van der Waals surface area (Å²) < 4.78 is 5.59. The van der Waals surface area contributed by atoms with Gasteiger partial charge in [-0.1, -0.05) is 0 Å². The van der Waals surface area contributed by atoms with E-state index in [1.165, 1.54) is 0 Å². The summed E-state index contributed by atoms with van der Waals surface area (Å²) in [5, 5.41) is 3.89. The first-order chi connectivity index (χ1) is 14.5. The number of hydrogen-bond acceptors (Lipinski definition) is 5. The van der Waals surface area contributed by atoms with E-state index in [4.69, 9.17) is 4.42 Å². The van der Waals surface area contributed by atoms with Gasteiger partial charge in [0.05, 0.1) is 11.8 Å². The van der Waals surface area contributed by atoms with E-state index < -0.39 is 0 Å². The monoisotopic (exact) mass is 404 g/mol. The fourth-order valence-corrected chi connectivity index (χ4v) is 4.56. The number of nitrogens with zero attached hydrogens (tertiary/aromatic N) is 3. The van der Waals surface area contributed by atoms with E-state index in [1.807, 2.05) is 30.0 Å². The number of likely N-dealkylation sites (tertiary alicyclic amines) is 1. The number of pyridine rings is 2. The van der Waals surface area contributed by atoms with Crippen molar-refractivity contribution >= 4 is 22.8 Å². The summed E-state index contributed by atoms with van der Waals surface area (Å²) in [6.07, 6.45) is 8.02. The third-order valence-electron chi connectivity index (χ3n) is 6.62. The molecule has 7 heteroatoms. The van der Waals surface area contributed by atoms with Crippen molar-refractivity contribution < 1.29 is 14.0 Å². The molecule has 1 saturated heterocycles. The molecule has 2 amide bonds. The van der Waals surface area contributed by atoms with Gasteiger partial charge in [-0.05, 0) is 61.8 Å². The average Bonchev–Trinajstić information content (AvgIpc) is 3.24. The van der Waals surface area contributed by atoms with E-state index >= 15 is 0 Å². The van der Waals surface area contributed by atoms with Gasteiger partial charge in [-0.3, -0.25) is 19.6 Å². The van der Waals surface area contributed by atoms with Crippen LogP contribution >= 0.6 is 0 Å². The van der Waals surface area contributed by atoms with Crippen molar-refractivity contribution in [2.24, 2.45) is 11.3 Å². The molecular formula is C23H24N4O3. The molecule has 2 aliphatic rings. The van der Waals surface area contributed by atoms with Crippen LogP contribution in [0.25, 0.3) is 11.0 Å². The lowest BCUT2D eigenvalue weighted by Gasteiger charge is -2.33. The Morgan fingerprint density at radius 1 is 1.23 bits per heavy atom. The second-order valence-electron chi connectivity index (χ2n) is 8.48. The van der Waals surface area contributed by atoms with Crippen LogP contribution in [0.1, 0.15) is 45.9 Å². The number of carbonyl (C=O) groups is 2. The highest BCUT2D eigenvalue weighted by Crippen LogP contribution is 2.59. The number of furan rings is 1. The smallest absolute Gasteiger partial charge is 0.287 e. The topological polar surface area (TPSA) is 88.3 Å². The Kier molecular flexibility index (Phi) is 4.53. The fourth-order valence-electron chi connectivity index (χ4n) is 4.56. The number of rotatable bonds is 4. The van der Waals surface area contributed by atoms with Crippen LogP contribution in [0.2, 0.25) is 0 Å². The Hall–Kier alpha value is -3.22. The zero-order chi connectivity index (χ0) is 20.7. The van der Waals surface area contributed by atoms with Crippen molar-refractivity contribution in [3.8, 4) is 0 Å². The van der Waals surface area contributed by atoms with E-state index in [1.54, 1.807) is 24.7 Å². The standard InChI is InChI=1S/C23H24N4O3/c1-15-2-3-17(12-25-15)22(29)27-8-5-23(6-9-27)11-18(23)13-26-21(28)19-10-16-4-7-24-14-20(16)30-19/h2-4,7,10,12,14,18H,5-6,8-9,11,13H2,1H3,(H,26,28). The van der Waals surface area contributed by atoms with Crippen LogP contribution in [0.15, 0.2) is 47.3 Å². The van der Waals surface area contributed by atoms with Gasteiger partial charge in [0.1, 0.15) is 0 Å². The summed E-state index contributed by atoms with van der Waals surface area (Å²) in [4.78, 5) is 35.3. The summed E-state index contributed by atoms with van der Waals surface area (Å²) in [6, 6.07) is 7.29. The normalized spacial score (nSPS) is 19.8. The Bertz CT molecular complexity index is 1060. The lowest BCUT2D eigenvalue weighted by atomic mass is 9.90. The molecular weight excluding hydrogens is 380 g/mol. The lowest BCUT2D eigenvalue weighted by Crippen LogP contribution is -2.40. The number of hydrogen-bond donors (Lipinski definition) is 1. The van der Waals surface area contributed by atoms with Crippen LogP contribution in [0.3, 0.4) is 0 Å². The quantitative estimate of drug-likeness (QED) is 0.721. The molecule has 1 unspecified atom stereocenters. The second-order valence-corrected chi connectivity index (χ2v) is 8.48. The van der Waals surface area contributed by atoms with Gasteiger partial charge in [0, 0.05) is 43.1 Å². The molecule has 7 nitrogen and oxygen atoms in total. The Morgan fingerprint density at radius 2 is 2.07 bits per heavy atom. The molecule has 5 rings (SSSR count). The first-order valence-electron chi connectivity index (χ1n) is 10.4. The maximum atomic E-state index is 12.7. The second kappa shape index (κ2) is 7.23. The van der Waals surface area contributed by atoms with E-state index in [0.29, 0.717) is 29.4 Å². The average molecular weight is 404 g/mol. The molecule has 2 fully saturated rings. The molecule has 0 aromatic carbocycles. The maximum absolute atomic E-state index is 12.7. The third kappa shape index (κ3) is 3.44. The zero-order valence-electron chi connectivity index (χ0n) is 16.9. The molecule has 3 aromatic rings. The van der Waals surface area contributed by atoms with Gasteiger partial charge in [0.15, 0.2) is 11.3 Å². The predicted molar refractivity (Wildman–Crippen MR) is 111 cm³/mol. The lowest BCUT2D eigenvalue weighted by molar-refractivity contribution is 0.0668. The van der Waals surface area contributed by atoms with Crippen molar-refractivity contribution in [2.45, 2.75) is 26.2 Å². The SMILES string of the molecule is Cc1ccc(C(=O)N2CCC3(CC2)CC3CNC(=O)c2cc3ccncc3o2)cn1. The number of nitrogens with one attached hydrogen (secondary N) is 1. The summed E-state index contributed by atoms with van der Waals surface area (Å²) >= 11 is 0. The van der Waals surface area contributed by atoms with Gasteiger partial charge in [0.2, 0.25) is 0 Å². The zero-order valence-corrected chi connectivity index (χ0v) is 16.9. The molecule has 0 bridgehead atoms. The maximum Gasteiger partial charge on any atom is 0.287 e. The van der Waals surface area contributed by atoms with E-state index in [0.717, 1.165) is 43.4 Å². The molecule has 154 valence electrons. The Balaban J connectivity index is 1.13. The fraction of sp³-hybridized carbons (Fsp3) is 0.391. The summed E-state index contributed by atoms with van der Waals surface area (Å²) in [5.74, 6) is 0.653. The summed E-state index contributed by atoms with van der Waals surface area (Å²) in [7, 11) is 0. The van der Waals surface area contributed by atoms with Gasteiger partial charge in [-0.25, -0.2) is 0 Å². The van der Waals surface area contributed by atoms with Crippen molar-refractivity contribution in [1.29, 1.82) is 0 Å². The minimum Gasteiger partial charge on any atom is -0.449 e. The number of piperidine rings is 1. The Morgan fingerprint density at radius 3 is 2.80 bits per heavy atom. The van der Waals surface area contributed by atoms with Gasteiger partial charge in [-0.2, -0.15) is 0 Å². The van der Waals surface area contributed by atoms with E-state index in [9.17, 15) is 9.59 Å². The van der Waals surface area contributed by atoms with E-state index in [2.05, 4.69) is 15.3 Å². The molecule has 30 heavy (non-hydrogen) atoms. The van der Waals surface area contributed by atoms with Crippen LogP contribution in [-0.2, 0) is 0 Å². The van der Waals surface area contributed by atoms with Gasteiger partial charge in [0.25, 0.3) is 11.8 Å². The summed E-state index contributed by atoms with van der Waals surface area (Å²) in [6.45, 7) is 4.07. The van der Waals surface area contributed by atoms with Crippen molar-refractivity contribution in [2.75, 3.05) is 19.6 Å². The van der Waals surface area contributed by atoms with Gasteiger partial charge < -0.3 is 14.6 Å². The summed E-state index contributed by atoms with van der Waals surface area (Å²) in [5.41, 5.74) is 2.43. The molecule has 3 aromatic heterocycles. The minimum atomic E-state index is -0.187. The van der Waals surface area contributed by atoms with Crippen LogP contribution < -0.4 is 5.32 Å². The number of carbonyl (C=O) groups excluding carboxylic acids is 2. The Labute approximate surface area is 174 Å². The third-order valence-corrected chi connectivity index (χ3v) is 6.62. The molecule has 1 aliphatic carbocycles. The van der Waals surface area contributed by atoms with Gasteiger partial charge >= 0.3 is 0 Å². The number of fused-ring (bicyclic) bond motifs is 1. The molecule has 1 atom stereocenters. The highest BCUT2D eigenvalue weighted by Gasteiger charge is 2.54. The van der Waals surface area contributed by atoms with Crippen molar-refractivity contribution in [3.63, 3.8) is 0 Å². The molecule has 4 heterocycles. The number of aryl methyl sites for hydroxylation is 1. The molecule has 1 saturated carbocycles. The van der Waals surface area contributed by atoms with Crippen molar-refractivity contribution in [1.82, 2.24) is 20.2 Å². The molecule has 1 spiro atoms. The van der Waals surface area contributed by atoms with Crippen molar-refractivity contribution in [3.05, 3.63) is 59.9 Å². The highest BCUT2D eigenvalue weighted by atomic mass is 16.3.